The van der Waals surface area contributed by atoms with Crippen LogP contribution in [-0.4, -0.2) is 39.9 Å². The number of benzene rings is 1. The standard InChI is InChI=1S/C12H18N2O4.ClH/c1-16-9-5-4-8(6-10(9)17-2)14-12(15)11(7-13)18-3;/h4-6,11H,7,13H2,1-3H3,(H,14,15);1H. The zero-order valence-corrected chi connectivity index (χ0v) is 12.0. The summed E-state index contributed by atoms with van der Waals surface area (Å²) in [5, 5.41) is 2.69. The van der Waals surface area contributed by atoms with E-state index in [4.69, 9.17) is 19.9 Å². The molecule has 0 spiro atoms. The van der Waals surface area contributed by atoms with Gasteiger partial charge in [-0.1, -0.05) is 0 Å². The van der Waals surface area contributed by atoms with Crippen LogP contribution in [-0.2, 0) is 9.53 Å². The minimum atomic E-state index is -0.668. The van der Waals surface area contributed by atoms with E-state index in [1.807, 2.05) is 0 Å². The second-order valence-corrected chi connectivity index (χ2v) is 3.52. The number of halogens is 1. The third-order valence-corrected chi connectivity index (χ3v) is 2.44. The molecule has 0 fully saturated rings. The minimum Gasteiger partial charge on any atom is -0.493 e. The van der Waals surface area contributed by atoms with Gasteiger partial charge in [0.25, 0.3) is 5.91 Å². The second kappa shape index (κ2) is 8.58. The number of nitrogens with two attached hydrogens (primary N) is 1. The van der Waals surface area contributed by atoms with Crippen LogP contribution in [0.25, 0.3) is 0 Å². The third kappa shape index (κ3) is 4.59. The minimum absolute atomic E-state index is 0. The number of anilines is 1. The maximum absolute atomic E-state index is 11.7. The molecule has 0 bridgehead atoms. The molecule has 0 saturated carbocycles. The van der Waals surface area contributed by atoms with Crippen LogP contribution in [0.3, 0.4) is 0 Å². The summed E-state index contributed by atoms with van der Waals surface area (Å²) in [4.78, 5) is 11.7. The molecule has 1 aromatic rings. The molecule has 108 valence electrons. The Labute approximate surface area is 118 Å². The number of carbonyl (C=O) groups excluding carboxylic acids is 1. The topological polar surface area (TPSA) is 82.8 Å². The Morgan fingerprint density at radius 1 is 1.26 bits per heavy atom. The number of methoxy groups -OCH3 is 3. The SMILES string of the molecule is COc1ccc(NC(=O)C(CN)OC)cc1OC.Cl. The van der Waals surface area contributed by atoms with Crippen LogP contribution in [0.2, 0.25) is 0 Å². The molecule has 0 aliphatic rings. The van der Waals surface area contributed by atoms with Gasteiger partial charge in [-0.25, -0.2) is 0 Å². The maximum Gasteiger partial charge on any atom is 0.254 e. The summed E-state index contributed by atoms with van der Waals surface area (Å²) >= 11 is 0. The summed E-state index contributed by atoms with van der Waals surface area (Å²) in [5.41, 5.74) is 6.00. The van der Waals surface area contributed by atoms with E-state index in [9.17, 15) is 4.79 Å². The molecule has 1 unspecified atom stereocenters. The van der Waals surface area contributed by atoms with Crippen molar-refractivity contribution in [3.63, 3.8) is 0 Å². The van der Waals surface area contributed by atoms with E-state index < -0.39 is 6.10 Å². The quantitative estimate of drug-likeness (QED) is 0.818. The monoisotopic (exact) mass is 290 g/mol. The number of carbonyl (C=O) groups is 1. The highest BCUT2D eigenvalue weighted by atomic mass is 35.5. The molecule has 0 aliphatic carbocycles. The van der Waals surface area contributed by atoms with Gasteiger partial charge in [0.15, 0.2) is 11.5 Å². The smallest absolute Gasteiger partial charge is 0.254 e. The molecular formula is C12H19ClN2O4. The highest BCUT2D eigenvalue weighted by molar-refractivity contribution is 5.94. The van der Waals surface area contributed by atoms with E-state index in [1.165, 1.54) is 14.2 Å². The Hall–Kier alpha value is -1.50. The fourth-order valence-electron chi connectivity index (χ4n) is 1.45. The van der Waals surface area contributed by atoms with Crippen molar-refractivity contribution in [3.05, 3.63) is 18.2 Å². The lowest BCUT2D eigenvalue weighted by molar-refractivity contribution is -0.125. The molecule has 7 heteroatoms. The molecule has 0 heterocycles. The van der Waals surface area contributed by atoms with Crippen molar-refractivity contribution in [2.75, 3.05) is 33.2 Å². The number of hydrogen-bond donors (Lipinski definition) is 2. The first-order chi connectivity index (χ1) is 8.65. The van der Waals surface area contributed by atoms with Crippen molar-refractivity contribution in [2.24, 2.45) is 5.73 Å². The molecule has 1 amide bonds. The van der Waals surface area contributed by atoms with Crippen molar-refractivity contribution in [2.45, 2.75) is 6.10 Å². The molecule has 19 heavy (non-hydrogen) atoms. The van der Waals surface area contributed by atoms with E-state index in [2.05, 4.69) is 5.32 Å². The third-order valence-electron chi connectivity index (χ3n) is 2.44. The summed E-state index contributed by atoms with van der Waals surface area (Å²) in [6.45, 7) is 0.121. The van der Waals surface area contributed by atoms with Crippen molar-refractivity contribution in [1.29, 1.82) is 0 Å². The number of hydrogen-bond acceptors (Lipinski definition) is 5. The molecule has 0 radical (unpaired) electrons. The summed E-state index contributed by atoms with van der Waals surface area (Å²) in [6, 6.07) is 5.08. The van der Waals surface area contributed by atoms with Crippen molar-refractivity contribution < 1.29 is 19.0 Å². The fraction of sp³-hybridized carbons (Fsp3) is 0.417. The largest absolute Gasteiger partial charge is 0.493 e. The predicted molar refractivity (Wildman–Crippen MR) is 75.3 cm³/mol. The van der Waals surface area contributed by atoms with Gasteiger partial charge in [-0.3, -0.25) is 4.79 Å². The fourth-order valence-corrected chi connectivity index (χ4v) is 1.45. The van der Waals surface area contributed by atoms with Crippen molar-refractivity contribution >= 4 is 24.0 Å². The summed E-state index contributed by atoms with van der Waals surface area (Å²) < 4.78 is 15.2. The molecule has 3 N–H and O–H groups in total. The van der Waals surface area contributed by atoms with Gasteiger partial charge in [0.1, 0.15) is 6.10 Å². The van der Waals surface area contributed by atoms with Gasteiger partial charge in [0.05, 0.1) is 14.2 Å². The van der Waals surface area contributed by atoms with Crippen molar-refractivity contribution in [3.8, 4) is 11.5 Å². The lowest BCUT2D eigenvalue weighted by Crippen LogP contribution is -2.35. The molecule has 1 atom stereocenters. The van der Waals surface area contributed by atoms with Gasteiger partial charge in [0.2, 0.25) is 0 Å². The highest BCUT2D eigenvalue weighted by Gasteiger charge is 2.16. The summed E-state index contributed by atoms with van der Waals surface area (Å²) in [7, 11) is 4.51. The normalized spacial score (nSPS) is 11.2. The summed E-state index contributed by atoms with van der Waals surface area (Å²) in [6.07, 6.45) is -0.668. The number of ether oxygens (including phenoxy) is 3. The average Bonchev–Trinajstić information content (AvgIpc) is 2.40. The van der Waals surface area contributed by atoms with Gasteiger partial charge in [-0.15, -0.1) is 12.4 Å². The first-order valence-corrected chi connectivity index (χ1v) is 5.42. The predicted octanol–water partition coefficient (Wildman–Crippen LogP) is 1.04. The Morgan fingerprint density at radius 2 is 1.89 bits per heavy atom. The maximum atomic E-state index is 11.7. The zero-order chi connectivity index (χ0) is 13.5. The highest BCUT2D eigenvalue weighted by Crippen LogP contribution is 2.29. The Bertz CT molecular complexity index is 411. The lowest BCUT2D eigenvalue weighted by atomic mass is 10.2. The van der Waals surface area contributed by atoms with Crippen molar-refractivity contribution in [1.82, 2.24) is 0 Å². The Kier molecular flexibility index (Phi) is 7.90. The van der Waals surface area contributed by atoms with Crippen LogP contribution >= 0.6 is 12.4 Å². The number of amides is 1. The molecule has 0 saturated heterocycles. The van der Waals surface area contributed by atoms with E-state index >= 15 is 0 Å². The van der Waals surface area contributed by atoms with E-state index in [0.29, 0.717) is 17.2 Å². The van der Waals surface area contributed by atoms with Gasteiger partial charge in [0, 0.05) is 25.4 Å². The Balaban J connectivity index is 0.00000324. The second-order valence-electron chi connectivity index (χ2n) is 3.52. The first kappa shape index (κ1) is 17.5. The van der Waals surface area contributed by atoms with Gasteiger partial charge >= 0.3 is 0 Å². The van der Waals surface area contributed by atoms with Crippen LogP contribution in [0.4, 0.5) is 5.69 Å². The number of rotatable bonds is 6. The van der Waals surface area contributed by atoms with Gasteiger partial charge < -0.3 is 25.3 Å². The van der Waals surface area contributed by atoms with Crippen LogP contribution in [0, 0.1) is 0 Å². The van der Waals surface area contributed by atoms with Gasteiger partial charge in [-0.2, -0.15) is 0 Å². The molecular weight excluding hydrogens is 272 g/mol. The Morgan fingerprint density at radius 3 is 2.37 bits per heavy atom. The molecule has 0 aromatic heterocycles. The number of nitrogens with one attached hydrogen (secondary N) is 1. The molecule has 1 aromatic carbocycles. The molecule has 6 nitrogen and oxygen atoms in total. The van der Waals surface area contributed by atoms with E-state index in [1.54, 1.807) is 25.3 Å². The van der Waals surface area contributed by atoms with Crippen LogP contribution in [0.15, 0.2) is 18.2 Å². The van der Waals surface area contributed by atoms with Crippen LogP contribution in [0.5, 0.6) is 11.5 Å². The average molecular weight is 291 g/mol. The van der Waals surface area contributed by atoms with E-state index in [0.717, 1.165) is 0 Å². The molecule has 1 rings (SSSR count). The summed E-state index contributed by atoms with van der Waals surface area (Å²) in [5.74, 6) is 0.835. The van der Waals surface area contributed by atoms with Crippen LogP contribution < -0.4 is 20.5 Å². The first-order valence-electron chi connectivity index (χ1n) is 5.42. The van der Waals surface area contributed by atoms with E-state index in [-0.39, 0.29) is 24.9 Å². The lowest BCUT2D eigenvalue weighted by Gasteiger charge is -2.14. The van der Waals surface area contributed by atoms with Gasteiger partial charge in [-0.05, 0) is 12.1 Å². The molecule has 0 aliphatic heterocycles. The van der Waals surface area contributed by atoms with Crippen LogP contribution in [0.1, 0.15) is 0 Å². The zero-order valence-electron chi connectivity index (χ0n) is 11.1.